The van der Waals surface area contributed by atoms with Gasteiger partial charge in [0.1, 0.15) is 5.75 Å². The molecule has 110 valence electrons. The van der Waals surface area contributed by atoms with E-state index >= 15 is 0 Å². The molecule has 2 aromatic carbocycles. The highest BCUT2D eigenvalue weighted by Gasteiger charge is 2.15. The van der Waals surface area contributed by atoms with E-state index in [0.29, 0.717) is 0 Å². The van der Waals surface area contributed by atoms with Crippen LogP contribution in [0.15, 0.2) is 36.4 Å². The first kappa shape index (κ1) is 14.8. The molecule has 0 unspecified atom stereocenters. The maximum absolute atomic E-state index is 11.9. The largest absolute Gasteiger partial charge is 0.497 e. The fourth-order valence-corrected chi connectivity index (χ4v) is 2.12. The molecule has 1 atom stereocenters. The maximum atomic E-state index is 11.9. The molecule has 0 spiro atoms. The number of hydrogen-bond acceptors (Lipinski definition) is 3. The van der Waals surface area contributed by atoms with Gasteiger partial charge in [0.25, 0.3) is 0 Å². The molecular formula is C16H18N2O3. The van der Waals surface area contributed by atoms with Crippen molar-refractivity contribution in [3.05, 3.63) is 42.0 Å². The molecule has 2 amide bonds. The van der Waals surface area contributed by atoms with Gasteiger partial charge in [-0.05, 0) is 35.4 Å². The molecule has 0 aromatic heterocycles. The number of carbonyl (C=O) groups excluding carboxylic acids is 2. The van der Waals surface area contributed by atoms with Gasteiger partial charge in [-0.1, -0.05) is 24.3 Å². The zero-order valence-electron chi connectivity index (χ0n) is 12.1. The van der Waals surface area contributed by atoms with Crippen LogP contribution in [0.5, 0.6) is 5.75 Å². The molecule has 2 rings (SSSR count). The molecule has 0 aliphatic heterocycles. The van der Waals surface area contributed by atoms with Crippen molar-refractivity contribution in [2.24, 2.45) is 5.73 Å². The zero-order chi connectivity index (χ0) is 15.4. The summed E-state index contributed by atoms with van der Waals surface area (Å²) < 4.78 is 5.18. The van der Waals surface area contributed by atoms with Crippen molar-refractivity contribution < 1.29 is 14.3 Å². The molecule has 0 saturated carbocycles. The Kier molecular flexibility index (Phi) is 4.42. The minimum atomic E-state index is -0.554. The summed E-state index contributed by atoms with van der Waals surface area (Å²) in [4.78, 5) is 22.6. The Hall–Kier alpha value is -2.56. The lowest BCUT2D eigenvalue weighted by Crippen LogP contribution is -2.35. The van der Waals surface area contributed by atoms with Gasteiger partial charge in [0.15, 0.2) is 0 Å². The Bertz CT molecular complexity index is 682. The number of fused-ring (bicyclic) bond motifs is 1. The predicted molar refractivity (Wildman–Crippen MR) is 81.1 cm³/mol. The molecular weight excluding hydrogens is 268 g/mol. The van der Waals surface area contributed by atoms with Crippen LogP contribution in [-0.2, 0) is 9.59 Å². The van der Waals surface area contributed by atoms with Gasteiger partial charge in [-0.3, -0.25) is 9.59 Å². The number of benzene rings is 2. The summed E-state index contributed by atoms with van der Waals surface area (Å²) >= 11 is 0. The van der Waals surface area contributed by atoms with Gasteiger partial charge in [-0.25, -0.2) is 0 Å². The van der Waals surface area contributed by atoms with Crippen LogP contribution in [0.25, 0.3) is 10.8 Å². The van der Waals surface area contributed by atoms with Gasteiger partial charge in [0.2, 0.25) is 11.8 Å². The van der Waals surface area contributed by atoms with Crippen LogP contribution in [0.1, 0.15) is 18.4 Å². The average Bonchev–Trinajstić information content (AvgIpc) is 2.50. The minimum Gasteiger partial charge on any atom is -0.497 e. The Morgan fingerprint density at radius 2 is 1.86 bits per heavy atom. The summed E-state index contributed by atoms with van der Waals surface area (Å²) in [7, 11) is 1.63. The van der Waals surface area contributed by atoms with Crippen LogP contribution in [0.2, 0.25) is 0 Å². The Morgan fingerprint density at radius 1 is 1.19 bits per heavy atom. The van der Waals surface area contributed by atoms with Gasteiger partial charge in [-0.15, -0.1) is 0 Å². The highest BCUT2D eigenvalue weighted by molar-refractivity contribution is 5.90. The van der Waals surface area contributed by atoms with Gasteiger partial charge in [-0.2, -0.15) is 0 Å². The monoisotopic (exact) mass is 286 g/mol. The highest BCUT2D eigenvalue weighted by Crippen LogP contribution is 2.25. The van der Waals surface area contributed by atoms with Gasteiger partial charge in [0.05, 0.1) is 19.6 Å². The summed E-state index contributed by atoms with van der Waals surface area (Å²) in [6, 6.07) is 11.6. The van der Waals surface area contributed by atoms with Crippen molar-refractivity contribution in [3.8, 4) is 5.75 Å². The van der Waals surface area contributed by atoms with Crippen LogP contribution < -0.4 is 15.8 Å². The Labute approximate surface area is 123 Å². The van der Waals surface area contributed by atoms with Crippen molar-refractivity contribution in [1.82, 2.24) is 5.32 Å². The average molecular weight is 286 g/mol. The third-order valence-electron chi connectivity index (χ3n) is 3.40. The smallest absolute Gasteiger partial charge is 0.236 e. The molecule has 5 heteroatoms. The van der Waals surface area contributed by atoms with E-state index in [2.05, 4.69) is 5.32 Å². The van der Waals surface area contributed by atoms with E-state index in [4.69, 9.17) is 10.5 Å². The van der Waals surface area contributed by atoms with E-state index in [1.54, 1.807) is 14.0 Å². The second kappa shape index (κ2) is 6.26. The lowest BCUT2D eigenvalue weighted by Gasteiger charge is -2.13. The SMILES string of the molecule is COc1ccc2cc([C@H](C)C(=O)NCC(N)=O)ccc2c1. The van der Waals surface area contributed by atoms with Crippen molar-refractivity contribution in [2.45, 2.75) is 12.8 Å². The molecule has 0 saturated heterocycles. The number of rotatable bonds is 5. The summed E-state index contributed by atoms with van der Waals surface area (Å²) in [5.41, 5.74) is 5.90. The number of carbonyl (C=O) groups is 2. The van der Waals surface area contributed by atoms with Crippen LogP contribution in [0, 0.1) is 0 Å². The minimum absolute atomic E-state index is 0.145. The first-order valence-electron chi connectivity index (χ1n) is 6.65. The lowest BCUT2D eigenvalue weighted by atomic mass is 9.97. The topological polar surface area (TPSA) is 81.4 Å². The Morgan fingerprint density at radius 3 is 2.52 bits per heavy atom. The number of primary amides is 1. The van der Waals surface area contributed by atoms with Gasteiger partial charge < -0.3 is 15.8 Å². The summed E-state index contributed by atoms with van der Waals surface area (Å²) in [6.07, 6.45) is 0. The fourth-order valence-electron chi connectivity index (χ4n) is 2.12. The number of methoxy groups -OCH3 is 1. The van der Waals surface area contributed by atoms with Gasteiger partial charge in [0, 0.05) is 0 Å². The quantitative estimate of drug-likeness (QED) is 0.875. The van der Waals surface area contributed by atoms with Crippen LogP contribution in [0.4, 0.5) is 0 Å². The molecule has 0 heterocycles. The molecule has 5 nitrogen and oxygen atoms in total. The molecule has 21 heavy (non-hydrogen) atoms. The summed E-state index contributed by atoms with van der Waals surface area (Å²) in [5.74, 6) is -0.332. The van der Waals surface area contributed by atoms with E-state index in [9.17, 15) is 9.59 Å². The first-order valence-corrected chi connectivity index (χ1v) is 6.65. The van der Waals surface area contributed by atoms with E-state index in [-0.39, 0.29) is 18.4 Å². The van der Waals surface area contributed by atoms with Crippen molar-refractivity contribution in [1.29, 1.82) is 0 Å². The molecule has 0 bridgehead atoms. The zero-order valence-corrected chi connectivity index (χ0v) is 12.1. The molecule has 0 fully saturated rings. The third-order valence-corrected chi connectivity index (χ3v) is 3.40. The van der Waals surface area contributed by atoms with E-state index in [0.717, 1.165) is 22.1 Å². The van der Waals surface area contributed by atoms with Crippen LogP contribution >= 0.6 is 0 Å². The second-order valence-electron chi connectivity index (χ2n) is 4.88. The van der Waals surface area contributed by atoms with E-state index < -0.39 is 5.91 Å². The summed E-state index contributed by atoms with van der Waals surface area (Å²) in [5, 5.41) is 4.59. The molecule has 0 aliphatic carbocycles. The Balaban J connectivity index is 2.21. The normalized spacial score (nSPS) is 11.9. The number of nitrogens with two attached hydrogens (primary N) is 1. The number of nitrogens with one attached hydrogen (secondary N) is 1. The third kappa shape index (κ3) is 3.51. The molecule has 3 N–H and O–H groups in total. The fraction of sp³-hybridized carbons (Fsp3) is 0.250. The van der Waals surface area contributed by atoms with Crippen LogP contribution in [0.3, 0.4) is 0 Å². The summed E-state index contributed by atoms with van der Waals surface area (Å²) in [6.45, 7) is 1.65. The molecule has 0 aliphatic rings. The first-order chi connectivity index (χ1) is 10.0. The number of ether oxygens (including phenoxy) is 1. The van der Waals surface area contributed by atoms with Crippen molar-refractivity contribution >= 4 is 22.6 Å². The van der Waals surface area contributed by atoms with E-state index in [1.165, 1.54) is 0 Å². The van der Waals surface area contributed by atoms with Gasteiger partial charge >= 0.3 is 0 Å². The maximum Gasteiger partial charge on any atom is 0.236 e. The van der Waals surface area contributed by atoms with Crippen LogP contribution in [-0.4, -0.2) is 25.5 Å². The van der Waals surface area contributed by atoms with Crippen molar-refractivity contribution in [2.75, 3.05) is 13.7 Å². The second-order valence-corrected chi connectivity index (χ2v) is 4.88. The number of amides is 2. The predicted octanol–water partition coefficient (Wildman–Crippen LogP) is 1.55. The lowest BCUT2D eigenvalue weighted by molar-refractivity contribution is -0.125. The molecule has 0 radical (unpaired) electrons. The van der Waals surface area contributed by atoms with Crippen molar-refractivity contribution in [3.63, 3.8) is 0 Å². The number of hydrogen-bond donors (Lipinski definition) is 2. The highest BCUT2D eigenvalue weighted by atomic mass is 16.5. The molecule has 2 aromatic rings. The standard InChI is InChI=1S/C16H18N2O3/c1-10(16(20)18-9-15(17)19)11-3-4-13-8-14(21-2)6-5-12(13)7-11/h3-8,10H,9H2,1-2H3,(H2,17,19)(H,18,20)/t10-/m0/s1. The van der Waals surface area contributed by atoms with E-state index in [1.807, 2.05) is 36.4 Å².